The van der Waals surface area contributed by atoms with Gasteiger partial charge in [0.15, 0.2) is 0 Å². The molecule has 0 spiro atoms. The maximum Gasteiger partial charge on any atom is 0.233 e. The number of benzene rings is 1. The van der Waals surface area contributed by atoms with E-state index in [1.807, 2.05) is 18.2 Å². The molecule has 1 saturated heterocycles. The Morgan fingerprint density at radius 3 is 2.70 bits per heavy atom. The summed E-state index contributed by atoms with van der Waals surface area (Å²) in [5, 5.41) is 6.62. The molecule has 110 valence electrons. The summed E-state index contributed by atoms with van der Waals surface area (Å²) in [7, 11) is 1.76. The van der Waals surface area contributed by atoms with Crippen LogP contribution >= 0.6 is 11.6 Å². The zero-order chi connectivity index (χ0) is 14.4. The van der Waals surface area contributed by atoms with Gasteiger partial charge in [-0.2, -0.15) is 0 Å². The van der Waals surface area contributed by atoms with E-state index in [9.17, 15) is 4.79 Å². The molecular formula is C15H21ClN2O2. The standard InChI is InChI=1S/C15H21ClN2O2/c1-17-10-14(19)18-11-15(6-8-20-9-7-15)12-4-2-3-5-13(12)16/h2-5,17H,6-11H2,1H3,(H,18,19). The molecule has 0 unspecified atom stereocenters. The zero-order valence-corrected chi connectivity index (χ0v) is 12.5. The molecule has 0 bridgehead atoms. The second kappa shape index (κ2) is 7.07. The predicted octanol–water partition coefficient (Wildman–Crippen LogP) is 1.72. The second-order valence-electron chi connectivity index (χ2n) is 5.18. The van der Waals surface area contributed by atoms with Crippen molar-refractivity contribution in [1.29, 1.82) is 0 Å². The number of amides is 1. The molecule has 0 aliphatic carbocycles. The third kappa shape index (κ3) is 3.51. The molecule has 1 aliphatic rings. The van der Waals surface area contributed by atoms with Crippen molar-refractivity contribution in [2.75, 3.05) is 33.4 Å². The fourth-order valence-corrected chi connectivity index (χ4v) is 3.02. The van der Waals surface area contributed by atoms with Crippen molar-refractivity contribution in [3.63, 3.8) is 0 Å². The van der Waals surface area contributed by atoms with Crippen LogP contribution in [0.5, 0.6) is 0 Å². The molecule has 0 atom stereocenters. The average Bonchev–Trinajstić information content (AvgIpc) is 2.47. The number of carbonyl (C=O) groups is 1. The Morgan fingerprint density at radius 1 is 1.35 bits per heavy atom. The van der Waals surface area contributed by atoms with Crippen molar-refractivity contribution in [3.05, 3.63) is 34.9 Å². The molecule has 1 amide bonds. The topological polar surface area (TPSA) is 50.4 Å². The summed E-state index contributed by atoms with van der Waals surface area (Å²) < 4.78 is 5.47. The third-order valence-electron chi connectivity index (χ3n) is 3.86. The normalized spacial score (nSPS) is 17.7. The molecule has 1 aliphatic heterocycles. The van der Waals surface area contributed by atoms with Crippen LogP contribution in [0.15, 0.2) is 24.3 Å². The van der Waals surface area contributed by atoms with Crippen LogP contribution in [0.1, 0.15) is 18.4 Å². The lowest BCUT2D eigenvalue weighted by atomic mass is 9.74. The Hall–Kier alpha value is -1.10. The van der Waals surface area contributed by atoms with Gasteiger partial charge in [0.05, 0.1) is 6.54 Å². The molecule has 4 nitrogen and oxygen atoms in total. The number of nitrogens with one attached hydrogen (secondary N) is 2. The molecule has 2 N–H and O–H groups in total. The van der Waals surface area contributed by atoms with Crippen molar-refractivity contribution in [3.8, 4) is 0 Å². The SMILES string of the molecule is CNCC(=O)NCC1(c2ccccc2Cl)CCOCC1. The fraction of sp³-hybridized carbons (Fsp3) is 0.533. The van der Waals surface area contributed by atoms with Crippen molar-refractivity contribution < 1.29 is 9.53 Å². The lowest BCUT2D eigenvalue weighted by Gasteiger charge is -2.38. The highest BCUT2D eigenvalue weighted by molar-refractivity contribution is 6.31. The van der Waals surface area contributed by atoms with Gasteiger partial charge in [0, 0.05) is 30.2 Å². The molecule has 1 aromatic rings. The van der Waals surface area contributed by atoms with Gasteiger partial charge in [0.2, 0.25) is 5.91 Å². The number of halogens is 1. The van der Waals surface area contributed by atoms with Gasteiger partial charge in [-0.15, -0.1) is 0 Å². The minimum atomic E-state index is -0.125. The van der Waals surface area contributed by atoms with E-state index >= 15 is 0 Å². The molecule has 0 aromatic heterocycles. The minimum absolute atomic E-state index is 0.00502. The molecule has 0 saturated carbocycles. The van der Waals surface area contributed by atoms with Crippen LogP contribution < -0.4 is 10.6 Å². The highest BCUT2D eigenvalue weighted by atomic mass is 35.5. The molecule has 1 heterocycles. The maximum atomic E-state index is 11.7. The van der Waals surface area contributed by atoms with Crippen molar-refractivity contribution in [2.45, 2.75) is 18.3 Å². The highest BCUT2D eigenvalue weighted by Gasteiger charge is 2.36. The van der Waals surface area contributed by atoms with Crippen LogP contribution in [-0.2, 0) is 14.9 Å². The van der Waals surface area contributed by atoms with Crippen molar-refractivity contribution in [1.82, 2.24) is 10.6 Å². The molecule has 2 rings (SSSR count). The van der Waals surface area contributed by atoms with Crippen molar-refractivity contribution in [2.24, 2.45) is 0 Å². The Morgan fingerprint density at radius 2 is 2.05 bits per heavy atom. The smallest absolute Gasteiger partial charge is 0.233 e. The van der Waals surface area contributed by atoms with E-state index in [-0.39, 0.29) is 11.3 Å². The van der Waals surface area contributed by atoms with Crippen LogP contribution in [0.3, 0.4) is 0 Å². The first kappa shape index (κ1) is 15.3. The lowest BCUT2D eigenvalue weighted by molar-refractivity contribution is -0.120. The van der Waals surface area contributed by atoms with Gasteiger partial charge in [-0.1, -0.05) is 29.8 Å². The van der Waals surface area contributed by atoms with Crippen molar-refractivity contribution >= 4 is 17.5 Å². The van der Waals surface area contributed by atoms with Gasteiger partial charge < -0.3 is 15.4 Å². The monoisotopic (exact) mass is 296 g/mol. The quantitative estimate of drug-likeness (QED) is 0.870. The maximum absolute atomic E-state index is 11.7. The molecular weight excluding hydrogens is 276 g/mol. The number of carbonyl (C=O) groups excluding carboxylic acids is 1. The minimum Gasteiger partial charge on any atom is -0.381 e. The Balaban J connectivity index is 2.18. The highest BCUT2D eigenvalue weighted by Crippen LogP contribution is 2.38. The third-order valence-corrected chi connectivity index (χ3v) is 4.19. The lowest BCUT2D eigenvalue weighted by Crippen LogP contribution is -2.46. The molecule has 1 fully saturated rings. The van der Waals surface area contributed by atoms with Gasteiger partial charge in [-0.25, -0.2) is 0 Å². The van der Waals surface area contributed by atoms with Gasteiger partial charge in [-0.05, 0) is 31.5 Å². The van der Waals surface area contributed by atoms with Gasteiger partial charge >= 0.3 is 0 Å². The first-order chi connectivity index (χ1) is 9.68. The van der Waals surface area contributed by atoms with E-state index in [0.717, 1.165) is 23.4 Å². The van der Waals surface area contributed by atoms with E-state index in [1.165, 1.54) is 0 Å². The largest absolute Gasteiger partial charge is 0.381 e. The number of likely N-dealkylation sites (N-methyl/N-ethyl adjacent to an activating group) is 1. The number of hydrogen-bond acceptors (Lipinski definition) is 3. The van der Waals surface area contributed by atoms with E-state index in [0.29, 0.717) is 26.3 Å². The summed E-state index contributed by atoms with van der Waals surface area (Å²) in [6, 6.07) is 7.88. The molecule has 5 heteroatoms. The number of ether oxygens (including phenoxy) is 1. The van der Waals surface area contributed by atoms with E-state index in [4.69, 9.17) is 16.3 Å². The first-order valence-electron chi connectivity index (χ1n) is 6.92. The van der Waals surface area contributed by atoms with E-state index in [2.05, 4.69) is 16.7 Å². The molecule has 20 heavy (non-hydrogen) atoms. The Labute approximate surface area is 124 Å². The van der Waals surface area contributed by atoms with Crippen LogP contribution in [-0.4, -0.2) is 39.3 Å². The summed E-state index contributed by atoms with van der Waals surface area (Å²) in [5.74, 6) is 0.00502. The average molecular weight is 297 g/mol. The van der Waals surface area contributed by atoms with Crippen LogP contribution in [0.25, 0.3) is 0 Å². The van der Waals surface area contributed by atoms with Gasteiger partial charge in [0.25, 0.3) is 0 Å². The van der Waals surface area contributed by atoms with Crippen LogP contribution in [0, 0.1) is 0 Å². The zero-order valence-electron chi connectivity index (χ0n) is 11.7. The number of rotatable bonds is 5. The fourth-order valence-electron chi connectivity index (χ4n) is 2.69. The predicted molar refractivity (Wildman–Crippen MR) is 80.1 cm³/mol. The van der Waals surface area contributed by atoms with E-state index < -0.39 is 0 Å². The second-order valence-corrected chi connectivity index (χ2v) is 5.59. The molecule has 0 radical (unpaired) electrons. The molecule has 1 aromatic carbocycles. The van der Waals surface area contributed by atoms with Crippen LogP contribution in [0.2, 0.25) is 5.02 Å². The Kier molecular flexibility index (Phi) is 5.40. The summed E-state index contributed by atoms with van der Waals surface area (Å²) in [5.41, 5.74) is 0.981. The summed E-state index contributed by atoms with van der Waals surface area (Å²) in [6.45, 7) is 2.33. The van der Waals surface area contributed by atoms with Crippen LogP contribution in [0.4, 0.5) is 0 Å². The Bertz CT molecular complexity index is 459. The summed E-state index contributed by atoms with van der Waals surface area (Å²) >= 11 is 6.36. The summed E-state index contributed by atoms with van der Waals surface area (Å²) in [6.07, 6.45) is 1.74. The van der Waals surface area contributed by atoms with Gasteiger partial charge in [0.1, 0.15) is 0 Å². The number of hydrogen-bond donors (Lipinski definition) is 2. The van der Waals surface area contributed by atoms with Gasteiger partial charge in [-0.3, -0.25) is 4.79 Å². The first-order valence-corrected chi connectivity index (χ1v) is 7.30. The summed E-state index contributed by atoms with van der Waals surface area (Å²) in [4.78, 5) is 11.7. The van der Waals surface area contributed by atoms with E-state index in [1.54, 1.807) is 7.05 Å².